The van der Waals surface area contributed by atoms with Gasteiger partial charge in [-0.3, -0.25) is 9.55 Å². The predicted molar refractivity (Wildman–Crippen MR) is 103 cm³/mol. The fourth-order valence-corrected chi connectivity index (χ4v) is 3.27. The van der Waals surface area contributed by atoms with Crippen molar-refractivity contribution in [2.24, 2.45) is 0 Å². The smallest absolute Gasteiger partial charge is 0.182 e. The summed E-state index contributed by atoms with van der Waals surface area (Å²) in [6.45, 7) is 1.97. The lowest BCUT2D eigenvalue weighted by atomic mass is 10.2. The number of halogens is 1. The number of nitrogens with zero attached hydrogens (tertiary/aromatic N) is 6. The van der Waals surface area contributed by atoms with Gasteiger partial charge in [0, 0.05) is 18.5 Å². The van der Waals surface area contributed by atoms with Crippen molar-refractivity contribution >= 4 is 28.0 Å². The van der Waals surface area contributed by atoms with E-state index in [1.165, 1.54) is 18.5 Å². The number of fused-ring (bicyclic) bond motifs is 2. The van der Waals surface area contributed by atoms with E-state index in [4.69, 9.17) is 4.98 Å². The zero-order valence-electron chi connectivity index (χ0n) is 14.8. The molecular formula is C19H15FN8. The van der Waals surface area contributed by atoms with Gasteiger partial charge in [0.15, 0.2) is 11.5 Å². The van der Waals surface area contributed by atoms with Crippen molar-refractivity contribution in [2.75, 3.05) is 5.32 Å². The van der Waals surface area contributed by atoms with Gasteiger partial charge in [-0.15, -0.1) is 0 Å². The van der Waals surface area contributed by atoms with Crippen LogP contribution in [0.15, 0.2) is 55.4 Å². The zero-order chi connectivity index (χ0) is 19.1. The van der Waals surface area contributed by atoms with Crippen LogP contribution in [0.3, 0.4) is 0 Å². The lowest BCUT2D eigenvalue weighted by Gasteiger charge is -2.17. The molecule has 5 rings (SSSR count). The topological polar surface area (TPSA) is 97.2 Å². The van der Waals surface area contributed by atoms with Gasteiger partial charge in [-0.2, -0.15) is 0 Å². The van der Waals surface area contributed by atoms with Gasteiger partial charge in [0.05, 0.1) is 29.1 Å². The van der Waals surface area contributed by atoms with Gasteiger partial charge in [0.2, 0.25) is 0 Å². The minimum Gasteiger partial charge on any atom is -0.358 e. The van der Waals surface area contributed by atoms with E-state index >= 15 is 0 Å². The molecule has 0 aliphatic heterocycles. The van der Waals surface area contributed by atoms with Crippen LogP contribution in [0.4, 0.5) is 10.2 Å². The summed E-state index contributed by atoms with van der Waals surface area (Å²) in [7, 11) is 0. The molecule has 0 radical (unpaired) electrons. The lowest BCUT2D eigenvalue weighted by Crippen LogP contribution is -2.14. The number of imidazole rings is 2. The lowest BCUT2D eigenvalue weighted by molar-refractivity contribution is 0.629. The third kappa shape index (κ3) is 2.64. The Morgan fingerprint density at radius 1 is 1.11 bits per heavy atom. The standard InChI is InChI=1S/C19H15FN8/c1-11(26-18-16-17(23-9-22-16)24-10-25-18)19-27-14-3-2-12(20)8-15(14)28(19)13-4-6-21-7-5-13/h2-11H,1H3,(H2,22,23,24,25,26)/t11-/m1/s1. The zero-order valence-corrected chi connectivity index (χ0v) is 14.8. The van der Waals surface area contributed by atoms with Crippen LogP contribution in [0.25, 0.3) is 27.9 Å². The average Bonchev–Trinajstić information content (AvgIpc) is 3.33. The van der Waals surface area contributed by atoms with E-state index in [9.17, 15) is 4.39 Å². The Balaban J connectivity index is 1.64. The third-order valence-corrected chi connectivity index (χ3v) is 4.53. The largest absolute Gasteiger partial charge is 0.358 e. The number of hydrogen-bond acceptors (Lipinski definition) is 6. The quantitative estimate of drug-likeness (QED) is 0.500. The van der Waals surface area contributed by atoms with Gasteiger partial charge in [-0.25, -0.2) is 24.3 Å². The molecular weight excluding hydrogens is 359 g/mol. The van der Waals surface area contributed by atoms with Crippen molar-refractivity contribution in [3.05, 3.63) is 67.0 Å². The molecule has 0 spiro atoms. The Bertz CT molecular complexity index is 1280. The van der Waals surface area contributed by atoms with Crippen LogP contribution in [0.2, 0.25) is 0 Å². The van der Waals surface area contributed by atoms with Crippen molar-refractivity contribution in [1.82, 2.24) is 34.5 Å². The first-order valence-corrected chi connectivity index (χ1v) is 8.69. The Morgan fingerprint density at radius 3 is 2.82 bits per heavy atom. The van der Waals surface area contributed by atoms with E-state index in [1.54, 1.807) is 24.8 Å². The van der Waals surface area contributed by atoms with Crippen LogP contribution in [0.5, 0.6) is 0 Å². The summed E-state index contributed by atoms with van der Waals surface area (Å²) >= 11 is 0. The van der Waals surface area contributed by atoms with Crippen molar-refractivity contribution < 1.29 is 4.39 Å². The van der Waals surface area contributed by atoms with E-state index < -0.39 is 0 Å². The number of nitrogens with one attached hydrogen (secondary N) is 2. The highest BCUT2D eigenvalue weighted by Gasteiger charge is 2.20. The van der Waals surface area contributed by atoms with Gasteiger partial charge in [0.1, 0.15) is 23.5 Å². The van der Waals surface area contributed by atoms with E-state index in [-0.39, 0.29) is 11.9 Å². The first-order valence-electron chi connectivity index (χ1n) is 8.69. The van der Waals surface area contributed by atoms with Gasteiger partial charge >= 0.3 is 0 Å². The van der Waals surface area contributed by atoms with Crippen molar-refractivity contribution in [1.29, 1.82) is 0 Å². The summed E-state index contributed by atoms with van der Waals surface area (Å²) in [6, 6.07) is 8.06. The molecule has 1 atom stereocenters. The van der Waals surface area contributed by atoms with E-state index in [2.05, 4.69) is 30.2 Å². The molecule has 28 heavy (non-hydrogen) atoms. The molecule has 4 heterocycles. The molecule has 1 aromatic carbocycles. The van der Waals surface area contributed by atoms with Crippen molar-refractivity contribution in [3.63, 3.8) is 0 Å². The van der Waals surface area contributed by atoms with Crippen molar-refractivity contribution in [3.8, 4) is 5.69 Å². The molecule has 0 amide bonds. The molecule has 5 aromatic rings. The second-order valence-electron chi connectivity index (χ2n) is 6.33. The monoisotopic (exact) mass is 374 g/mol. The number of anilines is 1. The van der Waals surface area contributed by atoms with Gasteiger partial charge in [-0.1, -0.05) is 0 Å². The Morgan fingerprint density at radius 2 is 1.96 bits per heavy atom. The van der Waals surface area contributed by atoms with E-state index in [1.807, 2.05) is 23.6 Å². The van der Waals surface area contributed by atoms with Crippen LogP contribution >= 0.6 is 0 Å². The SMILES string of the molecule is C[C@@H](Nc1ncnc2nc[nH]c12)c1nc2ccc(F)cc2n1-c1ccncc1. The molecule has 0 bridgehead atoms. The molecule has 2 N–H and O–H groups in total. The van der Waals surface area contributed by atoms with Crippen LogP contribution < -0.4 is 5.32 Å². The minimum absolute atomic E-state index is 0.231. The number of aromatic amines is 1. The molecule has 4 aromatic heterocycles. The number of hydrogen-bond donors (Lipinski definition) is 2. The minimum atomic E-state index is -0.315. The molecule has 0 saturated heterocycles. The van der Waals surface area contributed by atoms with E-state index in [0.29, 0.717) is 28.0 Å². The number of rotatable bonds is 4. The number of pyridine rings is 1. The van der Waals surface area contributed by atoms with Crippen LogP contribution in [0.1, 0.15) is 18.8 Å². The summed E-state index contributed by atoms with van der Waals surface area (Å²) in [6.07, 6.45) is 6.42. The Hall–Kier alpha value is -3.88. The molecule has 0 unspecified atom stereocenters. The predicted octanol–water partition coefficient (Wildman–Crippen LogP) is 3.40. The van der Waals surface area contributed by atoms with Crippen LogP contribution in [-0.4, -0.2) is 34.5 Å². The highest BCUT2D eigenvalue weighted by atomic mass is 19.1. The fraction of sp³-hybridized carbons (Fsp3) is 0.105. The Labute approximate surface area is 158 Å². The number of benzene rings is 1. The first-order chi connectivity index (χ1) is 13.7. The molecule has 9 heteroatoms. The van der Waals surface area contributed by atoms with Crippen molar-refractivity contribution in [2.45, 2.75) is 13.0 Å². The molecule has 0 saturated carbocycles. The summed E-state index contributed by atoms with van der Waals surface area (Å²) in [5, 5.41) is 3.36. The first kappa shape index (κ1) is 16.3. The molecule has 0 fully saturated rings. The highest BCUT2D eigenvalue weighted by molar-refractivity contribution is 5.82. The maximum Gasteiger partial charge on any atom is 0.182 e. The van der Waals surface area contributed by atoms with E-state index in [0.717, 1.165) is 11.5 Å². The van der Waals surface area contributed by atoms with Gasteiger partial charge < -0.3 is 10.3 Å². The summed E-state index contributed by atoms with van der Waals surface area (Å²) < 4.78 is 15.9. The average molecular weight is 374 g/mol. The van der Waals surface area contributed by atoms with Gasteiger partial charge in [0.25, 0.3) is 0 Å². The Kier molecular flexibility index (Phi) is 3.71. The molecule has 8 nitrogen and oxygen atoms in total. The highest BCUT2D eigenvalue weighted by Crippen LogP contribution is 2.28. The third-order valence-electron chi connectivity index (χ3n) is 4.53. The number of aromatic nitrogens is 7. The number of H-pyrrole nitrogens is 1. The molecule has 0 aliphatic carbocycles. The fourth-order valence-electron chi connectivity index (χ4n) is 3.27. The summed E-state index contributed by atoms with van der Waals surface area (Å²) in [5.41, 5.74) is 3.53. The molecule has 138 valence electrons. The maximum atomic E-state index is 13.9. The summed E-state index contributed by atoms with van der Waals surface area (Å²) in [5.74, 6) is 1.03. The summed E-state index contributed by atoms with van der Waals surface area (Å²) in [4.78, 5) is 24.4. The van der Waals surface area contributed by atoms with Crippen LogP contribution in [0, 0.1) is 5.82 Å². The second-order valence-corrected chi connectivity index (χ2v) is 6.33. The van der Waals surface area contributed by atoms with Gasteiger partial charge in [-0.05, 0) is 31.2 Å². The maximum absolute atomic E-state index is 13.9. The second kappa shape index (κ2) is 6.38. The molecule has 0 aliphatic rings. The normalized spacial score (nSPS) is 12.5. The van der Waals surface area contributed by atoms with Crippen LogP contribution in [-0.2, 0) is 0 Å².